The second kappa shape index (κ2) is 10.4. The smallest absolute Gasteiger partial charge is 0.258 e. The van der Waals surface area contributed by atoms with Crippen LogP contribution in [0.25, 0.3) is 11.1 Å². The van der Waals surface area contributed by atoms with E-state index in [1.165, 1.54) is 0 Å². The van der Waals surface area contributed by atoms with Gasteiger partial charge in [-0.1, -0.05) is 66.2 Å². The molecule has 4 rings (SSSR count). The van der Waals surface area contributed by atoms with E-state index in [0.717, 1.165) is 22.5 Å². The van der Waals surface area contributed by atoms with Gasteiger partial charge in [-0.25, -0.2) is 4.98 Å². The molecule has 32 heavy (non-hydrogen) atoms. The Bertz CT molecular complexity index is 1210. The lowest BCUT2D eigenvalue weighted by Gasteiger charge is -2.15. The highest BCUT2D eigenvalue weighted by atomic mass is 35.5. The molecule has 0 aliphatic heterocycles. The van der Waals surface area contributed by atoms with Gasteiger partial charge in [0, 0.05) is 46.7 Å². The summed E-state index contributed by atoms with van der Waals surface area (Å²) in [4.78, 5) is 24.5. The topological polar surface area (TPSA) is 82.2 Å². The highest BCUT2D eigenvalue weighted by molar-refractivity contribution is 6.31. The molecule has 1 amide bonds. The van der Waals surface area contributed by atoms with Gasteiger partial charge in [0.25, 0.3) is 5.91 Å². The van der Waals surface area contributed by atoms with Crippen molar-refractivity contribution in [1.82, 2.24) is 15.3 Å². The lowest BCUT2D eigenvalue weighted by molar-refractivity contribution is 0.0977. The Morgan fingerprint density at radius 3 is 2.59 bits per heavy atom. The van der Waals surface area contributed by atoms with E-state index in [1.54, 1.807) is 36.8 Å². The summed E-state index contributed by atoms with van der Waals surface area (Å²) in [5.74, 6) is 0.0651. The van der Waals surface area contributed by atoms with Crippen LogP contribution in [0.4, 0.5) is 5.69 Å². The van der Waals surface area contributed by atoms with Crippen LogP contribution in [0.3, 0.4) is 0 Å². The predicted molar refractivity (Wildman–Crippen MR) is 129 cm³/mol. The molecule has 6 nitrogen and oxygen atoms in total. The van der Waals surface area contributed by atoms with Gasteiger partial charge in [0.05, 0.1) is 6.33 Å². The number of H-pyrrole nitrogens is 1. The third kappa shape index (κ3) is 5.62. The number of guanidine groups is 1. The number of benzene rings is 3. The van der Waals surface area contributed by atoms with Gasteiger partial charge in [0.2, 0.25) is 5.96 Å². The Balaban J connectivity index is 1.58. The summed E-state index contributed by atoms with van der Waals surface area (Å²) in [5, 5.41) is 6.68. The van der Waals surface area contributed by atoms with E-state index in [4.69, 9.17) is 11.6 Å². The summed E-state index contributed by atoms with van der Waals surface area (Å²) in [5.41, 5.74) is 4.33. The number of amides is 1. The highest BCUT2D eigenvalue weighted by Crippen LogP contribution is 2.27. The molecule has 0 saturated carbocycles. The number of hydrogen-bond acceptors (Lipinski definition) is 3. The highest BCUT2D eigenvalue weighted by Gasteiger charge is 2.12. The number of nitrogens with one attached hydrogen (secondary N) is 3. The van der Waals surface area contributed by atoms with Gasteiger partial charge in [-0.3, -0.25) is 15.1 Å². The van der Waals surface area contributed by atoms with Gasteiger partial charge >= 0.3 is 0 Å². The summed E-state index contributed by atoms with van der Waals surface area (Å²) in [6.45, 7) is 0.466. The van der Waals surface area contributed by atoms with Crippen molar-refractivity contribution in [3.8, 4) is 11.1 Å². The Morgan fingerprint density at radius 1 is 1.00 bits per heavy atom. The number of halogens is 1. The van der Waals surface area contributed by atoms with Gasteiger partial charge in [-0.15, -0.1) is 0 Å². The van der Waals surface area contributed by atoms with Crippen molar-refractivity contribution in [3.05, 3.63) is 108 Å². The fraction of sp³-hybridized carbons (Fsp3) is 0.0800. The van der Waals surface area contributed by atoms with Crippen molar-refractivity contribution in [2.24, 2.45) is 4.99 Å². The predicted octanol–water partition coefficient (Wildman–Crippen LogP) is 5.17. The first-order valence-electron chi connectivity index (χ1n) is 10.2. The molecule has 160 valence electrons. The molecule has 0 bridgehead atoms. The molecular formula is C25H22ClN5O. The lowest BCUT2D eigenvalue weighted by Crippen LogP contribution is -2.36. The molecule has 0 fully saturated rings. The Hall–Kier alpha value is -3.90. The lowest BCUT2D eigenvalue weighted by atomic mass is 10.0. The third-order valence-electron chi connectivity index (χ3n) is 4.79. The minimum atomic E-state index is -0.294. The van der Waals surface area contributed by atoms with Gasteiger partial charge in [0.15, 0.2) is 0 Å². The molecule has 3 aromatic carbocycles. The molecule has 0 aliphatic rings. The summed E-state index contributed by atoms with van der Waals surface area (Å²) < 4.78 is 0. The molecule has 4 aromatic rings. The monoisotopic (exact) mass is 443 g/mol. The number of carbonyl (C=O) groups is 1. The first kappa shape index (κ1) is 21.3. The maximum Gasteiger partial charge on any atom is 0.258 e. The number of hydrogen-bond donors (Lipinski definition) is 3. The van der Waals surface area contributed by atoms with Crippen LogP contribution < -0.4 is 10.6 Å². The van der Waals surface area contributed by atoms with Crippen LogP contribution in [-0.2, 0) is 6.42 Å². The van der Waals surface area contributed by atoms with Crippen LogP contribution in [0.1, 0.15) is 16.1 Å². The van der Waals surface area contributed by atoms with Crippen LogP contribution in [0.15, 0.2) is 96.4 Å². The minimum absolute atomic E-state index is 0.294. The molecule has 0 radical (unpaired) electrons. The maximum atomic E-state index is 12.8. The molecule has 0 saturated heterocycles. The van der Waals surface area contributed by atoms with Crippen molar-refractivity contribution in [1.29, 1.82) is 0 Å². The van der Waals surface area contributed by atoms with E-state index < -0.39 is 0 Å². The summed E-state index contributed by atoms with van der Waals surface area (Å²) >= 11 is 6.05. The normalized spacial score (nSPS) is 11.2. The van der Waals surface area contributed by atoms with Crippen molar-refractivity contribution in [2.45, 2.75) is 6.42 Å². The van der Waals surface area contributed by atoms with Crippen molar-refractivity contribution < 1.29 is 4.79 Å². The van der Waals surface area contributed by atoms with Crippen molar-refractivity contribution in [2.75, 3.05) is 11.9 Å². The molecular weight excluding hydrogens is 422 g/mol. The summed E-state index contributed by atoms with van der Waals surface area (Å²) in [6, 6.07) is 24.8. The third-order valence-corrected chi connectivity index (χ3v) is 5.02. The van der Waals surface area contributed by atoms with E-state index in [0.29, 0.717) is 29.5 Å². The minimum Gasteiger partial charge on any atom is -0.348 e. The molecule has 3 N–H and O–H groups in total. The van der Waals surface area contributed by atoms with E-state index in [-0.39, 0.29) is 5.91 Å². The van der Waals surface area contributed by atoms with Crippen LogP contribution in [-0.4, -0.2) is 28.4 Å². The van der Waals surface area contributed by atoms with Crippen LogP contribution in [0.2, 0.25) is 5.02 Å². The second-order valence-corrected chi connectivity index (χ2v) is 7.49. The summed E-state index contributed by atoms with van der Waals surface area (Å²) in [7, 11) is 0. The van der Waals surface area contributed by atoms with Gasteiger partial charge in [-0.2, -0.15) is 0 Å². The Morgan fingerprint density at radius 2 is 1.81 bits per heavy atom. The van der Waals surface area contributed by atoms with Crippen LogP contribution >= 0.6 is 11.6 Å². The van der Waals surface area contributed by atoms with E-state index in [2.05, 4.69) is 25.6 Å². The zero-order valence-electron chi connectivity index (χ0n) is 17.3. The number of rotatable bonds is 6. The number of aromatic amines is 1. The number of nitrogens with zero attached hydrogens (tertiary/aromatic N) is 2. The molecule has 1 heterocycles. The van der Waals surface area contributed by atoms with Crippen molar-refractivity contribution >= 4 is 29.2 Å². The standard InChI is InChI=1S/C25H22ClN5O/c26-20-10-6-9-19(15-20)24(32)31-25(28-14-13-21-16-27-17-29-21)30-23-12-5-4-11-22(23)18-7-2-1-3-8-18/h1-12,15-17H,13-14H2,(H,27,29)(H2,28,30,31,32). The first-order chi connectivity index (χ1) is 15.7. The van der Waals surface area contributed by atoms with E-state index in [1.807, 2.05) is 54.6 Å². The molecule has 1 aromatic heterocycles. The van der Waals surface area contributed by atoms with Gasteiger partial charge < -0.3 is 10.3 Å². The van der Waals surface area contributed by atoms with Crippen LogP contribution in [0, 0.1) is 0 Å². The number of para-hydroxylation sites is 1. The van der Waals surface area contributed by atoms with Gasteiger partial charge in [-0.05, 0) is 29.8 Å². The molecule has 0 aliphatic carbocycles. The average molecular weight is 444 g/mol. The number of carbonyl (C=O) groups excluding carboxylic acids is 1. The molecule has 0 unspecified atom stereocenters. The largest absolute Gasteiger partial charge is 0.348 e. The average Bonchev–Trinajstić information content (AvgIpc) is 3.33. The van der Waals surface area contributed by atoms with Gasteiger partial charge in [0.1, 0.15) is 0 Å². The molecule has 0 atom stereocenters. The first-order valence-corrected chi connectivity index (χ1v) is 10.6. The number of imidazole rings is 1. The zero-order chi connectivity index (χ0) is 22.2. The molecule has 0 spiro atoms. The number of aromatic nitrogens is 2. The number of anilines is 1. The van der Waals surface area contributed by atoms with Crippen molar-refractivity contribution in [3.63, 3.8) is 0 Å². The van der Waals surface area contributed by atoms with E-state index >= 15 is 0 Å². The van der Waals surface area contributed by atoms with E-state index in [9.17, 15) is 4.79 Å². The zero-order valence-corrected chi connectivity index (χ0v) is 18.0. The fourth-order valence-corrected chi connectivity index (χ4v) is 3.41. The Labute approximate surface area is 191 Å². The fourth-order valence-electron chi connectivity index (χ4n) is 3.22. The second-order valence-electron chi connectivity index (χ2n) is 7.06. The maximum absolute atomic E-state index is 12.8. The number of aliphatic imine (C=N–C) groups is 1. The van der Waals surface area contributed by atoms with Crippen LogP contribution in [0.5, 0.6) is 0 Å². The summed E-state index contributed by atoms with van der Waals surface area (Å²) in [6.07, 6.45) is 4.06. The quantitative estimate of drug-likeness (QED) is 0.284. The Kier molecular flexibility index (Phi) is 6.94. The SMILES string of the molecule is O=C(NC(=NCCc1cnc[nH]1)Nc1ccccc1-c1ccccc1)c1cccc(Cl)c1. The molecule has 7 heteroatoms.